The van der Waals surface area contributed by atoms with Gasteiger partial charge in [0.2, 0.25) is 0 Å². The van der Waals surface area contributed by atoms with Crippen LogP contribution in [0.25, 0.3) is 0 Å². The summed E-state index contributed by atoms with van der Waals surface area (Å²) in [4.78, 5) is 5.13. The van der Waals surface area contributed by atoms with Crippen molar-refractivity contribution in [2.24, 2.45) is 0 Å². The van der Waals surface area contributed by atoms with Crippen LogP contribution in [0.1, 0.15) is 24.8 Å². The van der Waals surface area contributed by atoms with Gasteiger partial charge >= 0.3 is 0 Å². The van der Waals surface area contributed by atoms with E-state index in [0.29, 0.717) is 0 Å². The van der Waals surface area contributed by atoms with Crippen LogP contribution in [-0.4, -0.2) is 42.2 Å². The molecule has 3 nitrogen and oxygen atoms in total. The Morgan fingerprint density at radius 1 is 1.21 bits per heavy atom. The first-order valence-electron chi connectivity index (χ1n) is 7.16. The van der Waals surface area contributed by atoms with Gasteiger partial charge in [-0.25, -0.2) is 0 Å². The molecule has 1 atom stereocenters. The Morgan fingerprint density at radius 3 is 2.89 bits per heavy atom. The van der Waals surface area contributed by atoms with E-state index in [1.165, 1.54) is 38.0 Å². The molecule has 2 heterocycles. The minimum atomic E-state index is 0.106. The van der Waals surface area contributed by atoms with Crippen molar-refractivity contribution in [3.05, 3.63) is 28.2 Å². The molecule has 2 aliphatic rings. The molecule has 0 aliphatic carbocycles. The fourth-order valence-electron chi connectivity index (χ4n) is 3.28. The first-order chi connectivity index (χ1) is 9.28. The maximum Gasteiger partial charge on any atom is 0.0682 e. The van der Waals surface area contributed by atoms with Crippen molar-refractivity contribution in [1.29, 1.82) is 0 Å². The molecule has 1 aromatic carbocycles. The van der Waals surface area contributed by atoms with Crippen LogP contribution in [0.5, 0.6) is 0 Å². The second-order valence-electron chi connectivity index (χ2n) is 5.58. The van der Waals surface area contributed by atoms with Gasteiger partial charge in [0.05, 0.1) is 12.3 Å². The normalized spacial score (nSPS) is 24.3. The Morgan fingerprint density at radius 2 is 2.11 bits per heavy atom. The van der Waals surface area contributed by atoms with Gasteiger partial charge in [-0.1, -0.05) is 12.5 Å². The fourth-order valence-corrected chi connectivity index (χ4v) is 3.96. The Balaban J connectivity index is 1.75. The molecule has 1 aromatic rings. The number of aliphatic hydroxyl groups is 1. The quantitative estimate of drug-likeness (QED) is 0.905. The molecule has 0 amide bonds. The Labute approximate surface area is 123 Å². The van der Waals surface area contributed by atoms with Crippen molar-refractivity contribution >= 4 is 21.6 Å². The molecule has 104 valence electrons. The van der Waals surface area contributed by atoms with Gasteiger partial charge < -0.3 is 10.0 Å². The molecule has 1 N–H and O–H groups in total. The molecule has 3 rings (SSSR count). The van der Waals surface area contributed by atoms with Gasteiger partial charge in [0.15, 0.2) is 0 Å². The highest BCUT2D eigenvalue weighted by Gasteiger charge is 2.29. The number of rotatable bonds is 2. The van der Waals surface area contributed by atoms with Crippen LogP contribution in [-0.2, 0) is 6.61 Å². The molecule has 0 saturated carbocycles. The predicted molar refractivity (Wildman–Crippen MR) is 81.5 cm³/mol. The second kappa shape index (κ2) is 5.81. The Kier molecular flexibility index (Phi) is 4.10. The molecule has 4 heteroatoms. The predicted octanol–water partition coefficient (Wildman–Crippen LogP) is 2.62. The van der Waals surface area contributed by atoms with Crippen molar-refractivity contribution < 1.29 is 5.11 Å². The first-order valence-corrected chi connectivity index (χ1v) is 7.95. The number of hydrogen-bond donors (Lipinski definition) is 1. The van der Waals surface area contributed by atoms with Gasteiger partial charge in [-0.3, -0.25) is 4.90 Å². The molecule has 0 spiro atoms. The van der Waals surface area contributed by atoms with Crippen LogP contribution in [0.15, 0.2) is 22.7 Å². The van der Waals surface area contributed by atoms with Gasteiger partial charge in [0.25, 0.3) is 0 Å². The van der Waals surface area contributed by atoms with Crippen molar-refractivity contribution in [2.75, 3.05) is 31.1 Å². The summed E-state index contributed by atoms with van der Waals surface area (Å²) in [7, 11) is 0. The van der Waals surface area contributed by atoms with E-state index in [1.807, 2.05) is 12.1 Å². The van der Waals surface area contributed by atoms with Crippen molar-refractivity contribution in [2.45, 2.75) is 31.9 Å². The zero-order chi connectivity index (χ0) is 13.2. The minimum Gasteiger partial charge on any atom is -0.392 e. The van der Waals surface area contributed by atoms with E-state index in [4.69, 9.17) is 0 Å². The summed E-state index contributed by atoms with van der Waals surface area (Å²) in [6.45, 7) is 4.81. The van der Waals surface area contributed by atoms with E-state index in [0.717, 1.165) is 29.2 Å². The summed E-state index contributed by atoms with van der Waals surface area (Å²) in [6.07, 6.45) is 4.08. The summed E-state index contributed by atoms with van der Waals surface area (Å²) in [5, 5.41) is 9.18. The number of anilines is 1. The lowest BCUT2D eigenvalue weighted by atomic mass is 9.99. The third-order valence-corrected chi connectivity index (χ3v) is 5.01. The number of aliphatic hydroxyl groups excluding tert-OH is 1. The molecule has 0 bridgehead atoms. The second-order valence-corrected chi connectivity index (χ2v) is 6.43. The topological polar surface area (TPSA) is 26.7 Å². The minimum absolute atomic E-state index is 0.106. The maximum atomic E-state index is 9.18. The standard InChI is InChI=1S/C15H21BrN2O/c16-14-9-12(11-19)4-5-15(14)18-8-7-17-6-2-1-3-13(17)10-18/h4-5,9,13,19H,1-3,6-8,10-11H2. The lowest BCUT2D eigenvalue weighted by Crippen LogP contribution is -2.55. The largest absolute Gasteiger partial charge is 0.392 e. The van der Waals surface area contributed by atoms with Gasteiger partial charge in [-0.15, -0.1) is 0 Å². The van der Waals surface area contributed by atoms with Crippen LogP contribution < -0.4 is 4.90 Å². The number of fused-ring (bicyclic) bond motifs is 1. The summed E-state index contributed by atoms with van der Waals surface area (Å²) in [5.74, 6) is 0. The smallest absolute Gasteiger partial charge is 0.0682 e. The van der Waals surface area contributed by atoms with Crippen LogP contribution >= 0.6 is 15.9 Å². The summed E-state index contributed by atoms with van der Waals surface area (Å²) < 4.78 is 1.10. The maximum absolute atomic E-state index is 9.18. The van der Waals surface area contributed by atoms with E-state index >= 15 is 0 Å². The van der Waals surface area contributed by atoms with Gasteiger partial charge in [0, 0.05) is 30.1 Å². The third kappa shape index (κ3) is 2.81. The zero-order valence-electron chi connectivity index (χ0n) is 11.2. The number of nitrogens with zero attached hydrogens (tertiary/aromatic N) is 2. The number of piperazine rings is 1. The SMILES string of the molecule is OCc1ccc(N2CCN3CCCCC3C2)c(Br)c1. The average Bonchev–Trinajstić information content (AvgIpc) is 2.46. The lowest BCUT2D eigenvalue weighted by Gasteiger charge is -2.45. The molecular formula is C15H21BrN2O. The molecular weight excluding hydrogens is 304 g/mol. The van der Waals surface area contributed by atoms with Crippen molar-refractivity contribution in [3.8, 4) is 0 Å². The van der Waals surface area contributed by atoms with Gasteiger partial charge in [-0.05, 0) is 53.0 Å². The summed E-state index contributed by atoms with van der Waals surface area (Å²) in [5.41, 5.74) is 2.23. The highest BCUT2D eigenvalue weighted by atomic mass is 79.9. The molecule has 0 aromatic heterocycles. The summed E-state index contributed by atoms with van der Waals surface area (Å²) >= 11 is 3.65. The highest BCUT2D eigenvalue weighted by Crippen LogP contribution is 2.31. The van der Waals surface area contributed by atoms with E-state index in [9.17, 15) is 5.11 Å². The van der Waals surface area contributed by atoms with Crippen LogP contribution in [0.3, 0.4) is 0 Å². The molecule has 2 fully saturated rings. The zero-order valence-corrected chi connectivity index (χ0v) is 12.8. The monoisotopic (exact) mass is 324 g/mol. The fraction of sp³-hybridized carbons (Fsp3) is 0.600. The lowest BCUT2D eigenvalue weighted by molar-refractivity contribution is 0.133. The van der Waals surface area contributed by atoms with Crippen molar-refractivity contribution in [1.82, 2.24) is 4.90 Å². The average molecular weight is 325 g/mol. The molecule has 2 aliphatic heterocycles. The van der Waals surface area contributed by atoms with Crippen LogP contribution in [0.2, 0.25) is 0 Å². The van der Waals surface area contributed by atoms with E-state index in [1.54, 1.807) is 0 Å². The van der Waals surface area contributed by atoms with E-state index in [2.05, 4.69) is 31.8 Å². The number of piperidine rings is 1. The number of halogens is 1. The highest BCUT2D eigenvalue weighted by molar-refractivity contribution is 9.10. The van der Waals surface area contributed by atoms with Crippen molar-refractivity contribution in [3.63, 3.8) is 0 Å². The van der Waals surface area contributed by atoms with Gasteiger partial charge in [0.1, 0.15) is 0 Å². The van der Waals surface area contributed by atoms with Crippen LogP contribution in [0.4, 0.5) is 5.69 Å². The number of benzene rings is 1. The third-order valence-electron chi connectivity index (χ3n) is 4.37. The molecule has 0 radical (unpaired) electrons. The molecule has 1 unspecified atom stereocenters. The first kappa shape index (κ1) is 13.4. The Bertz CT molecular complexity index is 452. The summed E-state index contributed by atoms with van der Waals surface area (Å²) in [6, 6.07) is 6.91. The molecule has 2 saturated heterocycles. The van der Waals surface area contributed by atoms with E-state index in [-0.39, 0.29) is 6.61 Å². The number of hydrogen-bond acceptors (Lipinski definition) is 3. The molecule has 19 heavy (non-hydrogen) atoms. The Hall–Kier alpha value is -0.580. The van der Waals surface area contributed by atoms with Crippen LogP contribution in [0, 0.1) is 0 Å². The van der Waals surface area contributed by atoms with Gasteiger partial charge in [-0.2, -0.15) is 0 Å². The van der Waals surface area contributed by atoms with E-state index < -0.39 is 0 Å².